The summed E-state index contributed by atoms with van der Waals surface area (Å²) in [5.41, 5.74) is 2.63. The molecule has 1 aromatic heterocycles. The Morgan fingerprint density at radius 2 is 2.03 bits per heavy atom. The summed E-state index contributed by atoms with van der Waals surface area (Å²) >= 11 is 0. The highest BCUT2D eigenvalue weighted by Crippen LogP contribution is 2.32. The van der Waals surface area contributed by atoms with Crippen molar-refractivity contribution < 1.29 is 19.0 Å². The second-order valence-electron chi connectivity index (χ2n) is 9.02. The van der Waals surface area contributed by atoms with E-state index in [1.807, 2.05) is 43.3 Å². The predicted molar refractivity (Wildman–Crippen MR) is 134 cm³/mol. The van der Waals surface area contributed by atoms with Gasteiger partial charge in [0.05, 0.1) is 29.2 Å². The lowest BCUT2D eigenvalue weighted by atomic mass is 10.1. The molecule has 0 bridgehead atoms. The molecule has 6 nitrogen and oxygen atoms in total. The average molecular weight is 480 g/mol. The van der Waals surface area contributed by atoms with Gasteiger partial charge in [0.2, 0.25) is 5.88 Å². The Balaban J connectivity index is 1.66. The standard InChI is InChI=1S/C28H34FN3O3/c1-3-4-11-24(33)18-31(19-26-12-8-17-34-26)20-27-21(2)30-32(23-9-6-5-7-10-23)28(27)35-25-15-13-22(29)14-16-25/h3,5-7,9-10,13-16,24,26,33H,1,4,8,11-12,17-20H2,2H3. The van der Waals surface area contributed by atoms with E-state index in [9.17, 15) is 9.50 Å². The van der Waals surface area contributed by atoms with Crippen LogP contribution in [0.1, 0.15) is 36.9 Å². The summed E-state index contributed by atoms with van der Waals surface area (Å²) in [6.07, 6.45) is 5.00. The highest BCUT2D eigenvalue weighted by atomic mass is 19.1. The second-order valence-corrected chi connectivity index (χ2v) is 9.02. The number of rotatable bonds is 12. The number of aryl methyl sites for hydroxylation is 1. The number of aliphatic hydroxyl groups is 1. The molecule has 3 aromatic rings. The second kappa shape index (κ2) is 12.1. The molecule has 0 amide bonds. The van der Waals surface area contributed by atoms with E-state index >= 15 is 0 Å². The van der Waals surface area contributed by atoms with E-state index in [0.717, 1.165) is 49.4 Å². The summed E-state index contributed by atoms with van der Waals surface area (Å²) in [6, 6.07) is 15.8. The van der Waals surface area contributed by atoms with Crippen LogP contribution in [-0.4, -0.2) is 51.7 Å². The van der Waals surface area contributed by atoms with Crippen LogP contribution in [0.5, 0.6) is 11.6 Å². The lowest BCUT2D eigenvalue weighted by Crippen LogP contribution is -2.37. The summed E-state index contributed by atoms with van der Waals surface area (Å²) < 4.78 is 27.5. The number of aliphatic hydroxyl groups excluding tert-OH is 1. The Hall–Kier alpha value is -3.00. The number of nitrogens with zero attached hydrogens (tertiary/aromatic N) is 3. The first-order chi connectivity index (χ1) is 17.0. The molecule has 2 unspecified atom stereocenters. The van der Waals surface area contributed by atoms with Crippen LogP contribution in [0.4, 0.5) is 4.39 Å². The van der Waals surface area contributed by atoms with Crippen molar-refractivity contribution in [1.82, 2.24) is 14.7 Å². The number of ether oxygens (including phenoxy) is 2. The number of hydrogen-bond acceptors (Lipinski definition) is 5. The number of para-hydroxylation sites is 1. The molecule has 2 heterocycles. The number of hydrogen-bond donors (Lipinski definition) is 1. The van der Waals surface area contributed by atoms with Crippen molar-refractivity contribution in [1.29, 1.82) is 0 Å². The van der Waals surface area contributed by atoms with Gasteiger partial charge in [-0.1, -0.05) is 24.3 Å². The Labute approximate surface area is 206 Å². The fraction of sp³-hybridized carbons (Fsp3) is 0.393. The molecule has 0 spiro atoms. The molecule has 1 saturated heterocycles. The zero-order chi connectivity index (χ0) is 24.6. The van der Waals surface area contributed by atoms with Crippen molar-refractivity contribution >= 4 is 0 Å². The molecule has 1 fully saturated rings. The number of allylic oxidation sites excluding steroid dienone is 1. The largest absolute Gasteiger partial charge is 0.439 e. The van der Waals surface area contributed by atoms with Crippen LogP contribution in [-0.2, 0) is 11.3 Å². The van der Waals surface area contributed by atoms with Gasteiger partial charge in [0, 0.05) is 26.2 Å². The molecule has 2 aromatic carbocycles. The SMILES string of the molecule is C=CCCC(O)CN(Cc1c(C)nn(-c2ccccc2)c1Oc1ccc(F)cc1)CC1CCCO1. The Morgan fingerprint density at radius 3 is 2.71 bits per heavy atom. The Morgan fingerprint density at radius 1 is 1.26 bits per heavy atom. The minimum Gasteiger partial charge on any atom is -0.439 e. The van der Waals surface area contributed by atoms with Crippen molar-refractivity contribution in [3.05, 3.63) is 84.3 Å². The number of benzene rings is 2. The van der Waals surface area contributed by atoms with E-state index in [1.54, 1.807) is 16.8 Å². The maximum absolute atomic E-state index is 13.5. The Kier molecular flexibility index (Phi) is 8.69. The normalized spacial score (nSPS) is 16.5. The van der Waals surface area contributed by atoms with E-state index in [2.05, 4.69) is 11.5 Å². The molecule has 2 atom stereocenters. The van der Waals surface area contributed by atoms with Crippen LogP contribution in [0.2, 0.25) is 0 Å². The molecule has 186 valence electrons. The smallest absolute Gasteiger partial charge is 0.227 e. The van der Waals surface area contributed by atoms with E-state index in [-0.39, 0.29) is 11.9 Å². The molecule has 1 aliphatic rings. The first kappa shape index (κ1) is 25.1. The number of aromatic nitrogens is 2. The van der Waals surface area contributed by atoms with Crippen molar-refractivity contribution in [2.75, 3.05) is 19.7 Å². The van der Waals surface area contributed by atoms with Gasteiger partial charge in [0.25, 0.3) is 0 Å². The molecule has 0 saturated carbocycles. The fourth-order valence-corrected chi connectivity index (χ4v) is 4.39. The van der Waals surface area contributed by atoms with Gasteiger partial charge in [0.1, 0.15) is 11.6 Å². The van der Waals surface area contributed by atoms with Crippen LogP contribution < -0.4 is 4.74 Å². The third-order valence-corrected chi connectivity index (χ3v) is 6.21. The van der Waals surface area contributed by atoms with E-state index in [4.69, 9.17) is 14.6 Å². The maximum Gasteiger partial charge on any atom is 0.227 e. The van der Waals surface area contributed by atoms with Gasteiger partial charge in [-0.05, 0) is 69.0 Å². The summed E-state index contributed by atoms with van der Waals surface area (Å²) in [5, 5.41) is 15.5. The predicted octanol–water partition coefficient (Wildman–Crippen LogP) is 5.42. The third-order valence-electron chi connectivity index (χ3n) is 6.21. The van der Waals surface area contributed by atoms with Gasteiger partial charge in [-0.3, -0.25) is 4.90 Å². The molecule has 35 heavy (non-hydrogen) atoms. The summed E-state index contributed by atoms with van der Waals surface area (Å²) in [6.45, 7) is 8.28. The Bertz CT molecular complexity index is 1080. The molecular formula is C28H34FN3O3. The van der Waals surface area contributed by atoms with Gasteiger partial charge < -0.3 is 14.6 Å². The molecule has 7 heteroatoms. The average Bonchev–Trinajstić information content (AvgIpc) is 3.48. The van der Waals surface area contributed by atoms with Crippen LogP contribution in [0, 0.1) is 12.7 Å². The topological polar surface area (TPSA) is 59.8 Å². The lowest BCUT2D eigenvalue weighted by molar-refractivity contribution is 0.0442. The summed E-state index contributed by atoms with van der Waals surface area (Å²) in [5.74, 6) is 0.793. The van der Waals surface area contributed by atoms with Gasteiger partial charge in [-0.15, -0.1) is 6.58 Å². The third kappa shape index (κ3) is 6.78. The van der Waals surface area contributed by atoms with Gasteiger partial charge in [0.15, 0.2) is 0 Å². The van der Waals surface area contributed by atoms with Crippen molar-refractivity contribution in [3.8, 4) is 17.3 Å². The zero-order valence-electron chi connectivity index (χ0n) is 20.3. The first-order valence-electron chi connectivity index (χ1n) is 12.2. The van der Waals surface area contributed by atoms with Crippen molar-refractivity contribution in [2.24, 2.45) is 0 Å². The van der Waals surface area contributed by atoms with Crippen LogP contribution in [0.15, 0.2) is 67.3 Å². The number of halogens is 1. The molecule has 0 aliphatic carbocycles. The van der Waals surface area contributed by atoms with Gasteiger partial charge in [-0.2, -0.15) is 5.10 Å². The molecular weight excluding hydrogens is 445 g/mol. The van der Waals surface area contributed by atoms with E-state index < -0.39 is 6.10 Å². The fourth-order valence-electron chi connectivity index (χ4n) is 4.39. The van der Waals surface area contributed by atoms with E-state index in [0.29, 0.717) is 31.1 Å². The monoisotopic (exact) mass is 479 g/mol. The van der Waals surface area contributed by atoms with Crippen LogP contribution in [0.3, 0.4) is 0 Å². The minimum atomic E-state index is -0.472. The summed E-state index contributed by atoms with van der Waals surface area (Å²) in [7, 11) is 0. The van der Waals surface area contributed by atoms with Gasteiger partial charge >= 0.3 is 0 Å². The highest BCUT2D eigenvalue weighted by molar-refractivity contribution is 5.43. The highest BCUT2D eigenvalue weighted by Gasteiger charge is 2.25. The quantitative estimate of drug-likeness (QED) is 0.352. The zero-order valence-corrected chi connectivity index (χ0v) is 20.3. The van der Waals surface area contributed by atoms with Crippen molar-refractivity contribution in [2.45, 2.75) is 51.4 Å². The molecule has 1 aliphatic heterocycles. The summed E-state index contributed by atoms with van der Waals surface area (Å²) in [4.78, 5) is 2.22. The minimum absolute atomic E-state index is 0.146. The molecule has 1 N–H and O–H groups in total. The van der Waals surface area contributed by atoms with Gasteiger partial charge in [-0.25, -0.2) is 9.07 Å². The lowest BCUT2D eigenvalue weighted by Gasteiger charge is -2.27. The van der Waals surface area contributed by atoms with Crippen molar-refractivity contribution in [3.63, 3.8) is 0 Å². The maximum atomic E-state index is 13.5. The van der Waals surface area contributed by atoms with E-state index in [1.165, 1.54) is 12.1 Å². The molecule has 0 radical (unpaired) electrons. The van der Waals surface area contributed by atoms with Crippen LogP contribution in [0.25, 0.3) is 5.69 Å². The first-order valence-corrected chi connectivity index (χ1v) is 12.2. The van der Waals surface area contributed by atoms with Crippen LogP contribution >= 0.6 is 0 Å². The molecule has 4 rings (SSSR count).